The van der Waals surface area contributed by atoms with Gasteiger partial charge in [-0.2, -0.15) is 0 Å². The van der Waals surface area contributed by atoms with Crippen molar-refractivity contribution >= 4 is 11.6 Å². The van der Waals surface area contributed by atoms with Gasteiger partial charge in [0.25, 0.3) is 0 Å². The predicted molar refractivity (Wildman–Crippen MR) is 64.1 cm³/mol. The van der Waals surface area contributed by atoms with Crippen molar-refractivity contribution in [3.63, 3.8) is 0 Å². The Morgan fingerprint density at radius 1 is 1.44 bits per heavy atom. The van der Waals surface area contributed by atoms with E-state index in [1.807, 2.05) is 13.8 Å². The van der Waals surface area contributed by atoms with E-state index < -0.39 is 5.82 Å². The summed E-state index contributed by atoms with van der Waals surface area (Å²) in [5.41, 5.74) is 0.853. The second kappa shape index (κ2) is 6.18. The summed E-state index contributed by atoms with van der Waals surface area (Å²) in [6, 6.07) is 5.02. The number of rotatable bonds is 5. The minimum Gasteiger partial charge on any atom is -0.396 e. The van der Waals surface area contributed by atoms with E-state index in [0.29, 0.717) is 6.42 Å². The molecular formula is C12H17ClFNO. The van der Waals surface area contributed by atoms with Gasteiger partial charge < -0.3 is 10.4 Å². The van der Waals surface area contributed by atoms with Gasteiger partial charge in [-0.05, 0) is 38.0 Å². The number of hydrogen-bond donors (Lipinski definition) is 2. The quantitative estimate of drug-likeness (QED) is 0.836. The highest BCUT2D eigenvalue weighted by atomic mass is 35.5. The maximum Gasteiger partial charge on any atom is 0.142 e. The fraction of sp³-hybridized carbons (Fsp3) is 0.500. The van der Waals surface area contributed by atoms with Gasteiger partial charge in [-0.25, -0.2) is 4.39 Å². The first kappa shape index (κ1) is 13.4. The highest BCUT2D eigenvalue weighted by Gasteiger charge is 2.10. The molecule has 0 radical (unpaired) electrons. The van der Waals surface area contributed by atoms with Crippen LogP contribution in [0.4, 0.5) is 4.39 Å². The van der Waals surface area contributed by atoms with Crippen LogP contribution in [0.3, 0.4) is 0 Å². The second-order valence-corrected chi connectivity index (χ2v) is 4.38. The molecule has 0 aromatic heterocycles. The fourth-order valence-corrected chi connectivity index (χ4v) is 1.70. The Labute approximate surface area is 100 Å². The van der Waals surface area contributed by atoms with Crippen LogP contribution in [-0.4, -0.2) is 17.8 Å². The molecule has 0 saturated heterocycles. The molecule has 0 heterocycles. The SMILES string of the molecule is CC(CCO)NC(C)c1ccc(Cl)c(F)c1. The number of aliphatic hydroxyl groups excluding tert-OH is 1. The molecule has 1 rings (SSSR count). The first-order valence-electron chi connectivity index (χ1n) is 5.36. The molecule has 2 N–H and O–H groups in total. The molecule has 0 aliphatic carbocycles. The van der Waals surface area contributed by atoms with Crippen LogP contribution >= 0.6 is 11.6 Å². The van der Waals surface area contributed by atoms with Gasteiger partial charge in [0.2, 0.25) is 0 Å². The van der Waals surface area contributed by atoms with Crippen LogP contribution in [0.5, 0.6) is 0 Å². The van der Waals surface area contributed by atoms with Crippen molar-refractivity contribution < 1.29 is 9.50 Å². The summed E-state index contributed by atoms with van der Waals surface area (Å²) < 4.78 is 13.2. The molecule has 4 heteroatoms. The van der Waals surface area contributed by atoms with E-state index >= 15 is 0 Å². The minimum atomic E-state index is -0.400. The van der Waals surface area contributed by atoms with E-state index in [1.165, 1.54) is 6.07 Å². The van der Waals surface area contributed by atoms with E-state index in [4.69, 9.17) is 16.7 Å². The van der Waals surface area contributed by atoms with Gasteiger partial charge in [0.1, 0.15) is 5.82 Å². The lowest BCUT2D eigenvalue weighted by molar-refractivity contribution is 0.264. The summed E-state index contributed by atoms with van der Waals surface area (Å²) in [6.07, 6.45) is 0.681. The molecular weight excluding hydrogens is 229 g/mol. The van der Waals surface area contributed by atoms with Crippen LogP contribution in [0.15, 0.2) is 18.2 Å². The summed E-state index contributed by atoms with van der Waals surface area (Å²) in [6.45, 7) is 4.09. The first-order valence-corrected chi connectivity index (χ1v) is 5.74. The number of nitrogens with one attached hydrogen (secondary N) is 1. The lowest BCUT2D eigenvalue weighted by Gasteiger charge is -2.19. The Kier molecular flexibility index (Phi) is 5.19. The summed E-state index contributed by atoms with van der Waals surface area (Å²) in [5, 5.41) is 12.2. The van der Waals surface area contributed by atoms with Gasteiger partial charge in [-0.1, -0.05) is 17.7 Å². The van der Waals surface area contributed by atoms with E-state index in [-0.39, 0.29) is 23.7 Å². The number of aliphatic hydroxyl groups is 1. The summed E-state index contributed by atoms with van der Waals surface area (Å²) in [7, 11) is 0. The summed E-state index contributed by atoms with van der Waals surface area (Å²) in [4.78, 5) is 0. The van der Waals surface area contributed by atoms with E-state index in [2.05, 4.69) is 5.32 Å². The molecule has 1 aromatic rings. The van der Waals surface area contributed by atoms with Crippen molar-refractivity contribution in [2.24, 2.45) is 0 Å². The van der Waals surface area contributed by atoms with Crippen molar-refractivity contribution in [1.29, 1.82) is 0 Å². The van der Waals surface area contributed by atoms with Crippen LogP contribution in [0.1, 0.15) is 31.9 Å². The number of hydrogen-bond acceptors (Lipinski definition) is 2. The molecule has 2 nitrogen and oxygen atoms in total. The zero-order chi connectivity index (χ0) is 12.1. The normalized spacial score (nSPS) is 14.8. The lowest BCUT2D eigenvalue weighted by Crippen LogP contribution is -2.29. The summed E-state index contributed by atoms with van der Waals surface area (Å²) in [5.74, 6) is -0.400. The Morgan fingerprint density at radius 2 is 2.12 bits per heavy atom. The minimum absolute atomic E-state index is 0.0355. The van der Waals surface area contributed by atoms with Gasteiger partial charge in [-0.3, -0.25) is 0 Å². The highest BCUT2D eigenvalue weighted by Crippen LogP contribution is 2.20. The van der Waals surface area contributed by atoms with Crippen LogP contribution in [0.2, 0.25) is 5.02 Å². The highest BCUT2D eigenvalue weighted by molar-refractivity contribution is 6.30. The van der Waals surface area contributed by atoms with Gasteiger partial charge in [0.05, 0.1) is 5.02 Å². The van der Waals surface area contributed by atoms with E-state index in [9.17, 15) is 4.39 Å². The van der Waals surface area contributed by atoms with Crippen molar-refractivity contribution in [1.82, 2.24) is 5.32 Å². The molecule has 0 saturated carbocycles. The molecule has 1 aromatic carbocycles. The number of benzene rings is 1. The molecule has 2 unspecified atom stereocenters. The Hall–Kier alpha value is -0.640. The zero-order valence-electron chi connectivity index (χ0n) is 9.50. The van der Waals surface area contributed by atoms with Crippen LogP contribution in [0.25, 0.3) is 0 Å². The zero-order valence-corrected chi connectivity index (χ0v) is 10.3. The van der Waals surface area contributed by atoms with Crippen LogP contribution in [0, 0.1) is 5.82 Å². The molecule has 2 atom stereocenters. The van der Waals surface area contributed by atoms with Gasteiger partial charge in [0.15, 0.2) is 0 Å². The molecule has 90 valence electrons. The maximum absolute atomic E-state index is 13.2. The topological polar surface area (TPSA) is 32.3 Å². The molecule has 0 aliphatic heterocycles. The first-order chi connectivity index (χ1) is 7.54. The molecule has 0 aliphatic rings. The molecule has 0 spiro atoms. The van der Waals surface area contributed by atoms with Gasteiger partial charge >= 0.3 is 0 Å². The maximum atomic E-state index is 13.2. The Bertz CT molecular complexity index is 346. The predicted octanol–water partition coefficient (Wildman–Crippen LogP) is 2.90. The van der Waals surface area contributed by atoms with Crippen molar-refractivity contribution in [2.45, 2.75) is 32.4 Å². The van der Waals surface area contributed by atoms with Crippen molar-refractivity contribution in [2.75, 3.05) is 6.61 Å². The fourth-order valence-electron chi connectivity index (χ4n) is 1.58. The molecule has 0 amide bonds. The van der Waals surface area contributed by atoms with Gasteiger partial charge in [0, 0.05) is 18.7 Å². The molecule has 0 bridgehead atoms. The van der Waals surface area contributed by atoms with E-state index in [1.54, 1.807) is 12.1 Å². The third-order valence-corrected chi connectivity index (χ3v) is 2.85. The Balaban J connectivity index is 2.65. The smallest absolute Gasteiger partial charge is 0.142 e. The summed E-state index contributed by atoms with van der Waals surface area (Å²) >= 11 is 5.61. The third-order valence-electron chi connectivity index (χ3n) is 2.54. The third kappa shape index (κ3) is 3.74. The van der Waals surface area contributed by atoms with Crippen molar-refractivity contribution in [3.05, 3.63) is 34.6 Å². The average molecular weight is 246 g/mol. The Morgan fingerprint density at radius 3 is 2.69 bits per heavy atom. The van der Waals surface area contributed by atoms with Crippen LogP contribution in [-0.2, 0) is 0 Å². The average Bonchev–Trinajstić information content (AvgIpc) is 2.22. The molecule has 0 fully saturated rings. The lowest BCUT2D eigenvalue weighted by atomic mass is 10.1. The van der Waals surface area contributed by atoms with Crippen molar-refractivity contribution in [3.8, 4) is 0 Å². The second-order valence-electron chi connectivity index (χ2n) is 3.98. The standard InChI is InChI=1S/C12H17ClFNO/c1-8(5-6-16)15-9(2)10-3-4-11(13)12(14)7-10/h3-4,7-9,15-16H,5-6H2,1-2H3. The van der Waals surface area contributed by atoms with E-state index in [0.717, 1.165) is 5.56 Å². The molecule has 16 heavy (non-hydrogen) atoms. The largest absolute Gasteiger partial charge is 0.396 e. The van der Waals surface area contributed by atoms with Crippen LogP contribution < -0.4 is 5.32 Å². The van der Waals surface area contributed by atoms with Gasteiger partial charge in [-0.15, -0.1) is 0 Å². The number of halogens is 2. The monoisotopic (exact) mass is 245 g/mol.